The summed E-state index contributed by atoms with van der Waals surface area (Å²) in [4.78, 5) is 36.3. The number of carbonyl (C=O) groups excluding carboxylic acids is 2. The van der Waals surface area contributed by atoms with Gasteiger partial charge in [-0.25, -0.2) is 9.97 Å². The van der Waals surface area contributed by atoms with Crippen LogP contribution in [0, 0.1) is 27.7 Å². The van der Waals surface area contributed by atoms with Gasteiger partial charge in [0.05, 0.1) is 0 Å². The van der Waals surface area contributed by atoms with Crippen molar-refractivity contribution in [3.8, 4) is 11.4 Å². The van der Waals surface area contributed by atoms with Gasteiger partial charge in [-0.1, -0.05) is 36.4 Å². The molecule has 9 rings (SSSR count). The molecule has 2 heterocycles. The summed E-state index contributed by atoms with van der Waals surface area (Å²) in [6.45, 7) is 9.86. The summed E-state index contributed by atoms with van der Waals surface area (Å²) in [5, 5.41) is 13.0. The van der Waals surface area contributed by atoms with Gasteiger partial charge in [-0.05, 0) is 98.5 Å². The minimum Gasteiger partial charge on any atom is -1.00 e. The Morgan fingerprint density at radius 1 is 0.455 bits per heavy atom. The Kier molecular flexibility index (Phi) is 13.9. The van der Waals surface area contributed by atoms with Gasteiger partial charge in [-0.2, -0.15) is 0 Å². The van der Waals surface area contributed by atoms with E-state index in [1.54, 1.807) is 24.3 Å². The Labute approximate surface area is 395 Å². The SMILES string of the molecule is Cc1cc2nc3cc(C)c(NCCNC(=O)c4ccc(C(=O)NCCNc5cc6c(cc5C)nc5cc(C)c(N)cc5[n+]6-c5ccccc5)cc4)cc3[n+](-c3ccccc3)c2cc1N.[Cl-].[Cl-]. The average molecular weight is 918 g/mol. The molecule has 66 heavy (non-hydrogen) atoms. The fourth-order valence-corrected chi connectivity index (χ4v) is 8.17. The number of para-hydroxylation sites is 2. The first-order valence-corrected chi connectivity index (χ1v) is 21.4. The molecule has 0 unspecified atom stereocenters. The molecule has 0 spiro atoms. The Morgan fingerprint density at radius 2 is 0.788 bits per heavy atom. The number of halogens is 2. The summed E-state index contributed by atoms with van der Waals surface area (Å²) >= 11 is 0. The first kappa shape index (κ1) is 46.5. The highest BCUT2D eigenvalue weighted by molar-refractivity contribution is 5.98. The van der Waals surface area contributed by atoms with E-state index >= 15 is 0 Å². The zero-order chi connectivity index (χ0) is 44.5. The minimum absolute atomic E-state index is 0. The number of nitrogen functional groups attached to an aromatic ring is 2. The lowest BCUT2D eigenvalue weighted by Crippen LogP contribution is -3.00. The molecule has 0 atom stereocenters. The summed E-state index contributed by atoms with van der Waals surface area (Å²) in [6.07, 6.45) is 0. The lowest BCUT2D eigenvalue weighted by molar-refractivity contribution is -0.538. The molecule has 0 aliphatic carbocycles. The van der Waals surface area contributed by atoms with E-state index in [1.165, 1.54) is 0 Å². The molecule has 0 saturated heterocycles. The maximum Gasteiger partial charge on any atom is 0.251 e. The molecule has 0 saturated carbocycles. The Bertz CT molecular complexity index is 3060. The Morgan fingerprint density at radius 3 is 1.15 bits per heavy atom. The lowest BCUT2D eigenvalue weighted by atomic mass is 10.1. The van der Waals surface area contributed by atoms with Gasteiger partial charge >= 0.3 is 0 Å². The Balaban J connectivity index is 0.00000324. The van der Waals surface area contributed by atoms with Gasteiger partial charge in [0.1, 0.15) is 22.1 Å². The predicted molar refractivity (Wildman–Crippen MR) is 257 cm³/mol. The number of fused-ring (bicyclic) bond motifs is 4. The minimum atomic E-state index is -0.222. The molecular formula is C52H50Cl2N10O2. The van der Waals surface area contributed by atoms with Gasteiger partial charge in [-0.15, -0.1) is 9.13 Å². The molecule has 9 aromatic rings. The topological polar surface area (TPSA) is 168 Å². The first-order chi connectivity index (χ1) is 31.0. The van der Waals surface area contributed by atoms with Gasteiger partial charge < -0.3 is 57.5 Å². The number of anilines is 4. The monoisotopic (exact) mass is 916 g/mol. The van der Waals surface area contributed by atoms with Crippen LogP contribution in [0.1, 0.15) is 43.0 Å². The van der Waals surface area contributed by atoms with E-state index in [2.05, 4.69) is 78.9 Å². The van der Waals surface area contributed by atoms with Crippen molar-refractivity contribution in [3.63, 3.8) is 0 Å². The molecule has 14 heteroatoms. The molecule has 0 fully saturated rings. The van der Waals surface area contributed by atoms with Crippen molar-refractivity contribution in [3.05, 3.63) is 167 Å². The molecule has 0 radical (unpaired) electrons. The van der Waals surface area contributed by atoms with E-state index in [1.807, 2.05) is 88.4 Å². The standard InChI is InChI=1S/C52H48N10O2.2ClH/c1-31-23-43-47(27-39(31)53)61(37-11-7-5-8-12-37)49-29-41(33(3)25-45(49)59-43)55-19-21-57-51(63)35-15-17-36(18-16-35)52(64)58-22-20-56-42-30-50-46(26-34(42)4)60-44-24-32(2)40(54)28-48(44)62(50)38-13-9-6-10-14-38;;/h5-18,23-30H,19-22H2,1-4H3,(H6,53,54,55,56,57,58,63,64);2*1H. The number of hydrogen-bond acceptors (Lipinski definition) is 8. The summed E-state index contributed by atoms with van der Waals surface area (Å²) in [6, 6.07) is 43.4. The van der Waals surface area contributed by atoms with E-state index in [-0.39, 0.29) is 36.6 Å². The van der Waals surface area contributed by atoms with Crippen LogP contribution in [0.3, 0.4) is 0 Å². The van der Waals surface area contributed by atoms with Crippen molar-refractivity contribution in [2.45, 2.75) is 27.7 Å². The molecule has 0 aliphatic rings. The van der Waals surface area contributed by atoms with Crippen LogP contribution in [0.4, 0.5) is 22.7 Å². The number of carbonyl (C=O) groups is 2. The van der Waals surface area contributed by atoms with Crippen LogP contribution in [-0.4, -0.2) is 48.0 Å². The van der Waals surface area contributed by atoms with Gasteiger partial charge in [0, 0.05) is 109 Å². The highest BCUT2D eigenvalue weighted by Gasteiger charge is 2.24. The molecule has 334 valence electrons. The molecule has 8 N–H and O–H groups in total. The fraction of sp³-hybridized carbons (Fsp3) is 0.154. The van der Waals surface area contributed by atoms with Crippen LogP contribution in [0.2, 0.25) is 0 Å². The number of nitrogens with two attached hydrogens (primary N) is 2. The number of hydrogen-bond donors (Lipinski definition) is 6. The fourth-order valence-electron chi connectivity index (χ4n) is 8.17. The van der Waals surface area contributed by atoms with Gasteiger partial charge in [-0.3, -0.25) is 9.59 Å². The number of benzene rings is 7. The van der Waals surface area contributed by atoms with Crippen LogP contribution in [0.25, 0.3) is 55.5 Å². The van der Waals surface area contributed by atoms with Gasteiger partial charge in [0.2, 0.25) is 33.4 Å². The molecule has 7 aromatic carbocycles. The number of amides is 2. The van der Waals surface area contributed by atoms with E-state index in [4.69, 9.17) is 21.4 Å². The van der Waals surface area contributed by atoms with Crippen LogP contribution < -0.4 is 66.7 Å². The van der Waals surface area contributed by atoms with Crippen LogP contribution >= 0.6 is 0 Å². The van der Waals surface area contributed by atoms with Crippen molar-refractivity contribution in [1.29, 1.82) is 0 Å². The number of nitrogens with one attached hydrogen (secondary N) is 4. The second-order valence-electron chi connectivity index (χ2n) is 16.2. The predicted octanol–water partition coefficient (Wildman–Crippen LogP) is 1.73. The van der Waals surface area contributed by atoms with Crippen molar-refractivity contribution >= 4 is 78.7 Å². The van der Waals surface area contributed by atoms with Crippen molar-refractivity contribution < 1.29 is 43.5 Å². The first-order valence-electron chi connectivity index (χ1n) is 21.4. The van der Waals surface area contributed by atoms with Gasteiger partial charge in [0.25, 0.3) is 11.8 Å². The second-order valence-corrected chi connectivity index (χ2v) is 16.2. The zero-order valence-corrected chi connectivity index (χ0v) is 38.6. The molecule has 0 aliphatic heterocycles. The summed E-state index contributed by atoms with van der Waals surface area (Å²) in [5.41, 5.74) is 30.2. The van der Waals surface area contributed by atoms with Crippen LogP contribution in [-0.2, 0) is 0 Å². The average Bonchev–Trinajstić information content (AvgIpc) is 3.29. The molecule has 12 nitrogen and oxygen atoms in total. The third-order valence-electron chi connectivity index (χ3n) is 11.7. The van der Waals surface area contributed by atoms with Gasteiger partial charge in [0.15, 0.2) is 0 Å². The maximum atomic E-state index is 13.1. The summed E-state index contributed by atoms with van der Waals surface area (Å²) in [5.74, 6) is -0.445. The van der Waals surface area contributed by atoms with E-state index in [0.29, 0.717) is 48.7 Å². The molecule has 2 aromatic heterocycles. The lowest BCUT2D eigenvalue weighted by Gasteiger charge is -2.13. The van der Waals surface area contributed by atoms with E-state index in [9.17, 15) is 9.59 Å². The van der Waals surface area contributed by atoms with Crippen LogP contribution in [0.5, 0.6) is 0 Å². The highest BCUT2D eigenvalue weighted by Crippen LogP contribution is 2.28. The molecule has 0 bridgehead atoms. The second kappa shape index (κ2) is 19.7. The number of aryl methyl sites for hydroxylation is 4. The summed E-state index contributed by atoms with van der Waals surface area (Å²) < 4.78 is 4.37. The van der Waals surface area contributed by atoms with Crippen LogP contribution in [0.15, 0.2) is 133 Å². The third-order valence-corrected chi connectivity index (χ3v) is 11.7. The highest BCUT2D eigenvalue weighted by atomic mass is 35.5. The summed E-state index contributed by atoms with van der Waals surface area (Å²) in [7, 11) is 0. The van der Waals surface area contributed by atoms with E-state index in [0.717, 1.165) is 89.1 Å². The molecular weight excluding hydrogens is 868 g/mol. The van der Waals surface area contributed by atoms with E-state index < -0.39 is 0 Å². The normalized spacial score (nSPS) is 11.0. The number of nitrogens with zero attached hydrogens (tertiary/aromatic N) is 4. The number of aromatic nitrogens is 4. The van der Waals surface area contributed by atoms with Crippen molar-refractivity contribution in [2.75, 3.05) is 48.3 Å². The number of rotatable bonds is 12. The zero-order valence-electron chi connectivity index (χ0n) is 37.0. The van der Waals surface area contributed by atoms with Crippen molar-refractivity contribution in [1.82, 2.24) is 20.6 Å². The molecule has 2 amide bonds. The maximum absolute atomic E-state index is 13.1. The quantitative estimate of drug-likeness (QED) is 0.0467. The largest absolute Gasteiger partial charge is 1.00 e. The van der Waals surface area contributed by atoms with Crippen molar-refractivity contribution in [2.24, 2.45) is 0 Å². The third kappa shape index (κ3) is 9.33. The Hall–Kier alpha value is -7.54. The smallest absolute Gasteiger partial charge is 0.251 e.